The average molecular weight is 696 g/mol. The summed E-state index contributed by atoms with van der Waals surface area (Å²) in [5.41, 5.74) is 13.5. The number of hydrogen-bond donors (Lipinski definition) is 6. The summed E-state index contributed by atoms with van der Waals surface area (Å²) in [6, 6.07) is 15.3. The molecule has 5 rings (SSSR count). The van der Waals surface area contributed by atoms with Gasteiger partial charge in [0, 0.05) is 60.0 Å². The van der Waals surface area contributed by atoms with Gasteiger partial charge in [-0.1, -0.05) is 60.3 Å². The maximum absolute atomic E-state index is 14.4. The summed E-state index contributed by atoms with van der Waals surface area (Å²) in [4.78, 5) is 46.5. The van der Waals surface area contributed by atoms with E-state index in [4.69, 9.17) is 11.5 Å². The van der Waals surface area contributed by atoms with Gasteiger partial charge in [0.15, 0.2) is 0 Å². The van der Waals surface area contributed by atoms with Crippen molar-refractivity contribution in [2.24, 2.45) is 11.5 Å². The fraction of sp³-hybridized carbons (Fsp3) is 0.343. The van der Waals surface area contributed by atoms with E-state index in [0.29, 0.717) is 29.8 Å². The number of hydrogen-bond acceptors (Lipinski definition) is 7. The van der Waals surface area contributed by atoms with Crippen LogP contribution in [-0.4, -0.2) is 65.9 Å². The van der Waals surface area contributed by atoms with E-state index in [1.165, 1.54) is 18.0 Å². The Bertz CT molecular complexity index is 1800. The molecule has 0 saturated carbocycles. The number of aromatic nitrogens is 1. The number of para-hydroxylation sites is 1. The molecule has 260 valence electrons. The second-order valence-corrected chi connectivity index (χ2v) is 13.0. The van der Waals surface area contributed by atoms with E-state index in [2.05, 4.69) is 20.9 Å². The van der Waals surface area contributed by atoms with Crippen LogP contribution in [0.1, 0.15) is 35.1 Å². The average Bonchev–Trinajstić information content (AvgIpc) is 3.50. The van der Waals surface area contributed by atoms with Crippen LogP contribution in [0.4, 0.5) is 13.2 Å². The Morgan fingerprint density at radius 2 is 1.63 bits per heavy atom. The number of amides is 3. The molecule has 2 heterocycles. The van der Waals surface area contributed by atoms with Crippen LogP contribution >= 0.6 is 11.8 Å². The summed E-state index contributed by atoms with van der Waals surface area (Å²) < 4.78 is 43.2. The van der Waals surface area contributed by atoms with Crippen LogP contribution < -0.4 is 27.4 Å². The third-order valence-corrected chi connectivity index (χ3v) is 9.95. The monoisotopic (exact) mass is 695 g/mol. The standard InChI is InChI=1S/C35H40F3N7O3S/c1-45-29(16-23-20-41-26-12-4-3-10-24(23)26)33(47)43-19-22-9-6-11-25(35(36,37)38)31(22)49-30-14-5-2-8-21(30)18-42-27(13-7-15-39)32(46)44-28(17-40)34(45)48/h2-6,8-12,14,20,27-29,41-42H,7,13,15-19,39-40H2,1H3,(H,43,47)(H,44,46)/t27-,28-,29-/m0/s1. The van der Waals surface area contributed by atoms with Gasteiger partial charge in [-0.15, -0.1) is 0 Å². The van der Waals surface area contributed by atoms with Crippen LogP contribution in [0.5, 0.6) is 0 Å². The third kappa shape index (κ3) is 8.44. The molecule has 49 heavy (non-hydrogen) atoms. The number of rotatable bonds is 6. The highest BCUT2D eigenvalue weighted by Gasteiger charge is 2.36. The predicted molar refractivity (Wildman–Crippen MR) is 182 cm³/mol. The summed E-state index contributed by atoms with van der Waals surface area (Å²) in [5, 5.41) is 9.63. The lowest BCUT2D eigenvalue weighted by Crippen LogP contribution is -2.59. The van der Waals surface area contributed by atoms with Crippen LogP contribution in [-0.2, 0) is 40.1 Å². The molecule has 3 atom stereocenters. The zero-order chi connectivity index (χ0) is 35.1. The molecule has 0 bridgehead atoms. The summed E-state index contributed by atoms with van der Waals surface area (Å²) in [6.45, 7) is 0.0184. The van der Waals surface area contributed by atoms with E-state index in [-0.39, 0.29) is 36.5 Å². The number of fused-ring (bicyclic) bond motifs is 3. The number of alkyl halides is 3. The number of likely N-dealkylation sites (N-methyl/N-ethyl adjacent to an activating group) is 1. The second kappa shape index (κ2) is 15.9. The van der Waals surface area contributed by atoms with Crippen molar-refractivity contribution in [1.82, 2.24) is 25.8 Å². The Kier molecular flexibility index (Phi) is 11.7. The summed E-state index contributed by atoms with van der Waals surface area (Å²) >= 11 is 0.949. The third-order valence-electron chi connectivity index (χ3n) is 8.65. The first-order valence-electron chi connectivity index (χ1n) is 16.0. The minimum absolute atomic E-state index is 0.0507. The van der Waals surface area contributed by atoms with E-state index in [9.17, 15) is 27.6 Å². The molecule has 3 amide bonds. The zero-order valence-corrected chi connectivity index (χ0v) is 27.8. The molecule has 4 aromatic rings. The predicted octanol–water partition coefficient (Wildman–Crippen LogP) is 3.68. The van der Waals surface area contributed by atoms with Gasteiger partial charge in [0.05, 0.1) is 11.6 Å². The zero-order valence-electron chi connectivity index (χ0n) is 27.0. The number of carbonyl (C=O) groups excluding carboxylic acids is 3. The van der Waals surface area contributed by atoms with Crippen LogP contribution in [0, 0.1) is 0 Å². The highest BCUT2D eigenvalue weighted by molar-refractivity contribution is 7.99. The van der Waals surface area contributed by atoms with E-state index in [0.717, 1.165) is 34.3 Å². The maximum Gasteiger partial charge on any atom is 0.417 e. The Morgan fingerprint density at radius 3 is 2.39 bits per heavy atom. The normalized spacial score (nSPS) is 19.9. The molecular weight excluding hydrogens is 655 g/mol. The van der Waals surface area contributed by atoms with Gasteiger partial charge in [-0.2, -0.15) is 13.2 Å². The molecule has 0 spiro atoms. The van der Waals surface area contributed by atoms with Crippen LogP contribution in [0.2, 0.25) is 0 Å². The lowest BCUT2D eigenvalue weighted by molar-refractivity contribution is -0.142. The first kappa shape index (κ1) is 35.9. The molecule has 8 N–H and O–H groups in total. The number of H-pyrrole nitrogens is 1. The van der Waals surface area contributed by atoms with E-state index in [1.54, 1.807) is 36.5 Å². The van der Waals surface area contributed by atoms with Crippen molar-refractivity contribution in [1.29, 1.82) is 0 Å². The van der Waals surface area contributed by atoms with Crippen LogP contribution in [0.25, 0.3) is 10.9 Å². The molecule has 0 fully saturated rings. The van der Waals surface area contributed by atoms with Crippen molar-refractivity contribution in [2.75, 3.05) is 20.1 Å². The first-order valence-corrected chi connectivity index (χ1v) is 16.8. The molecule has 10 nitrogen and oxygen atoms in total. The van der Waals surface area contributed by atoms with Gasteiger partial charge < -0.3 is 37.3 Å². The molecular formula is C35H40F3N7O3S. The minimum Gasteiger partial charge on any atom is -0.361 e. The van der Waals surface area contributed by atoms with Gasteiger partial charge in [-0.3, -0.25) is 14.4 Å². The number of aromatic amines is 1. The number of nitrogens with one attached hydrogen (secondary N) is 4. The highest BCUT2D eigenvalue weighted by Crippen LogP contribution is 2.42. The van der Waals surface area contributed by atoms with Crippen LogP contribution in [0.15, 0.2) is 82.7 Å². The molecule has 1 aliphatic heterocycles. The number of halogens is 3. The van der Waals surface area contributed by atoms with Gasteiger partial charge in [0.25, 0.3) is 0 Å². The van der Waals surface area contributed by atoms with E-state index in [1.807, 2.05) is 24.3 Å². The molecule has 0 radical (unpaired) electrons. The molecule has 1 aliphatic rings. The molecule has 0 unspecified atom stereocenters. The number of carbonyl (C=O) groups is 3. The number of benzene rings is 3. The van der Waals surface area contributed by atoms with Gasteiger partial charge in [0.2, 0.25) is 17.7 Å². The molecule has 1 aromatic heterocycles. The van der Waals surface area contributed by atoms with E-state index < -0.39 is 47.6 Å². The fourth-order valence-corrected chi connectivity index (χ4v) is 7.12. The summed E-state index contributed by atoms with van der Waals surface area (Å²) in [7, 11) is 1.46. The lowest BCUT2D eigenvalue weighted by Gasteiger charge is -2.31. The number of nitrogens with zero attached hydrogens (tertiary/aromatic N) is 1. The maximum atomic E-state index is 14.4. The summed E-state index contributed by atoms with van der Waals surface area (Å²) in [6.07, 6.45) is -1.99. The first-order chi connectivity index (χ1) is 23.5. The smallest absolute Gasteiger partial charge is 0.361 e. The van der Waals surface area contributed by atoms with Crippen molar-refractivity contribution < 1.29 is 27.6 Å². The second-order valence-electron chi connectivity index (χ2n) is 11.9. The highest BCUT2D eigenvalue weighted by atomic mass is 32.2. The Labute approximate surface area is 286 Å². The van der Waals surface area contributed by atoms with Gasteiger partial charge >= 0.3 is 6.18 Å². The number of nitrogens with two attached hydrogens (primary N) is 2. The fourth-order valence-electron chi connectivity index (χ4n) is 5.92. The van der Waals surface area contributed by atoms with Gasteiger partial charge in [-0.25, -0.2) is 0 Å². The van der Waals surface area contributed by atoms with Gasteiger partial charge in [0.1, 0.15) is 12.1 Å². The van der Waals surface area contributed by atoms with Crippen molar-refractivity contribution in [3.8, 4) is 0 Å². The minimum atomic E-state index is -4.67. The SMILES string of the molecule is CN1C(=O)[C@H](CN)NC(=O)[C@H](CCCN)NCc2ccccc2Sc2c(cccc2C(F)(F)F)CNC(=O)[C@@H]1Cc1c[nH]c2ccccc12. The lowest BCUT2D eigenvalue weighted by atomic mass is 10.0. The van der Waals surface area contributed by atoms with Crippen LogP contribution in [0.3, 0.4) is 0 Å². The molecule has 3 aromatic carbocycles. The summed E-state index contributed by atoms with van der Waals surface area (Å²) in [5.74, 6) is -1.65. The quantitative estimate of drug-likeness (QED) is 0.180. The topological polar surface area (TPSA) is 158 Å². The van der Waals surface area contributed by atoms with Crippen molar-refractivity contribution in [3.05, 3.63) is 95.2 Å². The Hall–Kier alpha value is -4.37. The molecule has 0 aliphatic carbocycles. The largest absolute Gasteiger partial charge is 0.417 e. The van der Waals surface area contributed by atoms with Crippen molar-refractivity contribution in [3.63, 3.8) is 0 Å². The molecule has 14 heteroatoms. The van der Waals surface area contributed by atoms with Crippen molar-refractivity contribution >= 4 is 40.4 Å². The van der Waals surface area contributed by atoms with Gasteiger partial charge in [-0.05, 0) is 54.3 Å². The Morgan fingerprint density at radius 1 is 0.898 bits per heavy atom. The molecule has 0 saturated heterocycles. The Balaban J connectivity index is 1.59. The van der Waals surface area contributed by atoms with E-state index >= 15 is 0 Å². The van der Waals surface area contributed by atoms with Crippen molar-refractivity contribution in [2.45, 2.75) is 66.4 Å².